The maximum absolute atomic E-state index is 12.8. The SMILES string of the molecule is C[C@@H](COCc1ccccc1)C(=O)N1CCC[C@@H]1c1cnn(C)c1. The van der Waals surface area contributed by atoms with E-state index in [0.717, 1.165) is 30.5 Å². The zero-order chi connectivity index (χ0) is 16.9. The van der Waals surface area contributed by atoms with Gasteiger partial charge in [0.05, 0.1) is 31.4 Å². The van der Waals surface area contributed by atoms with Gasteiger partial charge in [-0.3, -0.25) is 9.48 Å². The van der Waals surface area contributed by atoms with Crippen molar-refractivity contribution >= 4 is 5.91 Å². The van der Waals surface area contributed by atoms with E-state index in [9.17, 15) is 4.79 Å². The van der Waals surface area contributed by atoms with Crippen molar-refractivity contribution in [3.8, 4) is 0 Å². The van der Waals surface area contributed by atoms with Crippen LogP contribution in [0.25, 0.3) is 0 Å². The molecule has 128 valence electrons. The Morgan fingerprint density at radius 3 is 2.88 bits per heavy atom. The van der Waals surface area contributed by atoms with Crippen LogP contribution in [-0.2, 0) is 23.2 Å². The van der Waals surface area contributed by atoms with Crippen LogP contribution in [0.5, 0.6) is 0 Å². The predicted octanol–water partition coefficient (Wildman–Crippen LogP) is 2.94. The minimum Gasteiger partial charge on any atom is -0.376 e. The van der Waals surface area contributed by atoms with Gasteiger partial charge in [0.1, 0.15) is 0 Å². The molecule has 5 heteroatoms. The third-order valence-electron chi connectivity index (χ3n) is 4.55. The molecule has 1 aliphatic heterocycles. The minimum atomic E-state index is -0.133. The number of rotatable bonds is 6. The summed E-state index contributed by atoms with van der Waals surface area (Å²) >= 11 is 0. The third kappa shape index (κ3) is 3.85. The molecule has 1 amide bonds. The Morgan fingerprint density at radius 2 is 2.17 bits per heavy atom. The van der Waals surface area contributed by atoms with Crippen LogP contribution >= 0.6 is 0 Å². The van der Waals surface area contributed by atoms with Gasteiger partial charge in [0.15, 0.2) is 0 Å². The summed E-state index contributed by atoms with van der Waals surface area (Å²) in [5, 5.41) is 4.24. The number of benzene rings is 1. The Balaban J connectivity index is 1.54. The predicted molar refractivity (Wildman–Crippen MR) is 92.2 cm³/mol. The highest BCUT2D eigenvalue weighted by molar-refractivity contribution is 5.79. The van der Waals surface area contributed by atoms with Gasteiger partial charge in [0.25, 0.3) is 0 Å². The van der Waals surface area contributed by atoms with E-state index < -0.39 is 0 Å². The van der Waals surface area contributed by atoms with E-state index in [1.54, 1.807) is 4.68 Å². The highest BCUT2D eigenvalue weighted by atomic mass is 16.5. The first-order valence-corrected chi connectivity index (χ1v) is 8.56. The Hall–Kier alpha value is -2.14. The topological polar surface area (TPSA) is 47.4 Å². The van der Waals surface area contributed by atoms with Crippen molar-refractivity contribution in [3.05, 3.63) is 53.9 Å². The molecule has 5 nitrogen and oxygen atoms in total. The van der Waals surface area contributed by atoms with Gasteiger partial charge in [-0.05, 0) is 18.4 Å². The minimum absolute atomic E-state index is 0.133. The van der Waals surface area contributed by atoms with E-state index in [1.165, 1.54) is 0 Å². The average Bonchev–Trinajstić information content (AvgIpc) is 3.23. The normalized spacial score (nSPS) is 18.8. The molecule has 0 spiro atoms. The van der Waals surface area contributed by atoms with Crippen LogP contribution in [0.3, 0.4) is 0 Å². The van der Waals surface area contributed by atoms with Gasteiger partial charge in [-0.15, -0.1) is 0 Å². The monoisotopic (exact) mass is 327 g/mol. The summed E-state index contributed by atoms with van der Waals surface area (Å²) < 4.78 is 7.54. The number of aromatic nitrogens is 2. The van der Waals surface area contributed by atoms with Crippen molar-refractivity contribution in [1.82, 2.24) is 14.7 Å². The lowest BCUT2D eigenvalue weighted by Crippen LogP contribution is -2.36. The second-order valence-electron chi connectivity index (χ2n) is 6.54. The maximum atomic E-state index is 12.8. The number of nitrogens with zero attached hydrogens (tertiary/aromatic N) is 3. The highest BCUT2D eigenvalue weighted by Gasteiger charge is 2.33. The number of carbonyl (C=O) groups excluding carboxylic acids is 1. The van der Waals surface area contributed by atoms with Crippen molar-refractivity contribution in [1.29, 1.82) is 0 Å². The lowest BCUT2D eigenvalue weighted by Gasteiger charge is -2.27. The van der Waals surface area contributed by atoms with Crippen molar-refractivity contribution in [3.63, 3.8) is 0 Å². The fourth-order valence-electron chi connectivity index (χ4n) is 3.27. The zero-order valence-corrected chi connectivity index (χ0v) is 14.4. The van der Waals surface area contributed by atoms with Gasteiger partial charge in [-0.25, -0.2) is 0 Å². The molecule has 0 unspecified atom stereocenters. The summed E-state index contributed by atoms with van der Waals surface area (Å²) in [4.78, 5) is 14.8. The number of aryl methyl sites for hydroxylation is 1. The summed E-state index contributed by atoms with van der Waals surface area (Å²) in [7, 11) is 1.91. The number of hydrogen-bond acceptors (Lipinski definition) is 3. The van der Waals surface area contributed by atoms with Crippen LogP contribution in [0.4, 0.5) is 0 Å². The molecule has 0 aliphatic carbocycles. The van der Waals surface area contributed by atoms with Gasteiger partial charge in [0.2, 0.25) is 5.91 Å². The van der Waals surface area contributed by atoms with Gasteiger partial charge in [-0.2, -0.15) is 5.10 Å². The summed E-state index contributed by atoms with van der Waals surface area (Å²) in [5.74, 6) is 0.0420. The zero-order valence-electron chi connectivity index (χ0n) is 14.4. The number of carbonyl (C=O) groups is 1. The molecule has 1 saturated heterocycles. The second kappa shape index (κ2) is 7.62. The maximum Gasteiger partial charge on any atom is 0.228 e. The van der Waals surface area contributed by atoms with Crippen LogP contribution in [0, 0.1) is 5.92 Å². The van der Waals surface area contributed by atoms with E-state index in [-0.39, 0.29) is 17.9 Å². The van der Waals surface area contributed by atoms with Crippen molar-refractivity contribution < 1.29 is 9.53 Å². The Labute approximate surface area is 143 Å². The largest absolute Gasteiger partial charge is 0.376 e. The number of ether oxygens (including phenoxy) is 1. The number of amides is 1. The molecule has 0 radical (unpaired) electrons. The van der Waals surface area contributed by atoms with Crippen LogP contribution in [-0.4, -0.2) is 33.7 Å². The van der Waals surface area contributed by atoms with Crippen LogP contribution in [0.15, 0.2) is 42.7 Å². The molecule has 1 aromatic carbocycles. The highest BCUT2D eigenvalue weighted by Crippen LogP contribution is 2.32. The first kappa shape index (κ1) is 16.7. The molecule has 0 saturated carbocycles. The van der Waals surface area contributed by atoms with Crippen molar-refractivity contribution in [2.45, 2.75) is 32.4 Å². The van der Waals surface area contributed by atoms with Crippen LogP contribution in [0.1, 0.15) is 36.9 Å². The molecule has 3 rings (SSSR count). The standard InChI is InChI=1S/C19H25N3O2/c1-15(13-24-14-16-7-4-3-5-8-16)19(23)22-10-6-9-18(22)17-11-20-21(2)12-17/h3-5,7-8,11-12,15,18H,6,9-10,13-14H2,1-2H3/t15-,18+/m0/s1. The Bertz CT molecular complexity index is 668. The third-order valence-corrected chi connectivity index (χ3v) is 4.55. The van der Waals surface area contributed by atoms with Crippen LogP contribution in [0.2, 0.25) is 0 Å². The second-order valence-corrected chi connectivity index (χ2v) is 6.54. The molecular weight excluding hydrogens is 302 g/mol. The Kier molecular flexibility index (Phi) is 5.30. The molecule has 2 heterocycles. The summed E-state index contributed by atoms with van der Waals surface area (Å²) in [5.41, 5.74) is 2.26. The molecule has 2 aromatic rings. The summed E-state index contributed by atoms with van der Waals surface area (Å²) in [6, 6.07) is 10.2. The number of likely N-dealkylation sites (tertiary alicyclic amines) is 1. The lowest BCUT2D eigenvalue weighted by atomic mass is 10.1. The molecule has 24 heavy (non-hydrogen) atoms. The smallest absolute Gasteiger partial charge is 0.228 e. The van der Waals surface area contributed by atoms with Gasteiger partial charge in [-0.1, -0.05) is 37.3 Å². The fraction of sp³-hybridized carbons (Fsp3) is 0.474. The first-order valence-electron chi connectivity index (χ1n) is 8.56. The van der Waals surface area contributed by atoms with E-state index in [4.69, 9.17) is 4.74 Å². The molecule has 0 bridgehead atoms. The summed E-state index contributed by atoms with van der Waals surface area (Å²) in [6.45, 7) is 3.77. The van der Waals surface area contributed by atoms with E-state index in [2.05, 4.69) is 5.10 Å². The molecular formula is C19H25N3O2. The first-order chi connectivity index (χ1) is 11.6. The molecule has 1 aliphatic rings. The van der Waals surface area contributed by atoms with Crippen LogP contribution < -0.4 is 0 Å². The van der Waals surface area contributed by atoms with E-state index in [1.807, 2.05) is 61.6 Å². The Morgan fingerprint density at radius 1 is 1.38 bits per heavy atom. The average molecular weight is 327 g/mol. The lowest BCUT2D eigenvalue weighted by molar-refractivity contribution is -0.138. The van der Waals surface area contributed by atoms with Gasteiger partial charge >= 0.3 is 0 Å². The van der Waals surface area contributed by atoms with E-state index in [0.29, 0.717) is 13.2 Å². The van der Waals surface area contributed by atoms with Gasteiger partial charge in [0, 0.05) is 25.4 Å². The fourth-order valence-corrected chi connectivity index (χ4v) is 3.27. The van der Waals surface area contributed by atoms with E-state index >= 15 is 0 Å². The molecule has 2 atom stereocenters. The molecule has 1 fully saturated rings. The molecule has 0 N–H and O–H groups in total. The molecule has 1 aromatic heterocycles. The number of hydrogen-bond donors (Lipinski definition) is 0. The summed E-state index contributed by atoms with van der Waals surface area (Å²) in [6.07, 6.45) is 5.93. The quantitative estimate of drug-likeness (QED) is 0.819. The van der Waals surface area contributed by atoms with Crippen molar-refractivity contribution in [2.75, 3.05) is 13.2 Å². The van der Waals surface area contributed by atoms with Gasteiger partial charge < -0.3 is 9.64 Å². The van der Waals surface area contributed by atoms with Crippen molar-refractivity contribution in [2.24, 2.45) is 13.0 Å².